The van der Waals surface area contributed by atoms with E-state index >= 15 is 0 Å². The van der Waals surface area contributed by atoms with Gasteiger partial charge < -0.3 is 15.0 Å². The van der Waals surface area contributed by atoms with Gasteiger partial charge in [-0.2, -0.15) is 0 Å². The van der Waals surface area contributed by atoms with Crippen molar-refractivity contribution < 1.29 is 4.74 Å². The SMILES string of the molecule is CNC(COC)CN(C)c1ccccc1C. The van der Waals surface area contributed by atoms with Gasteiger partial charge in [-0.3, -0.25) is 0 Å². The lowest BCUT2D eigenvalue weighted by atomic mass is 10.1. The number of hydrogen-bond acceptors (Lipinski definition) is 3. The van der Waals surface area contributed by atoms with Crippen molar-refractivity contribution in [3.05, 3.63) is 29.8 Å². The molecule has 0 aliphatic carbocycles. The van der Waals surface area contributed by atoms with E-state index in [0.29, 0.717) is 6.04 Å². The lowest BCUT2D eigenvalue weighted by Gasteiger charge is -2.26. The maximum absolute atomic E-state index is 5.17. The molecule has 1 unspecified atom stereocenters. The van der Waals surface area contributed by atoms with Crippen LogP contribution in [0.1, 0.15) is 5.56 Å². The van der Waals surface area contributed by atoms with E-state index < -0.39 is 0 Å². The monoisotopic (exact) mass is 222 g/mol. The maximum Gasteiger partial charge on any atom is 0.0633 e. The number of aryl methyl sites for hydroxylation is 1. The van der Waals surface area contributed by atoms with Gasteiger partial charge in [-0.05, 0) is 25.6 Å². The highest BCUT2D eigenvalue weighted by Gasteiger charge is 2.10. The molecule has 16 heavy (non-hydrogen) atoms. The molecule has 1 aromatic carbocycles. The molecule has 0 fully saturated rings. The first-order valence-corrected chi connectivity index (χ1v) is 5.62. The van der Waals surface area contributed by atoms with E-state index in [4.69, 9.17) is 4.74 Å². The van der Waals surface area contributed by atoms with Gasteiger partial charge in [-0.15, -0.1) is 0 Å². The Labute approximate surface area is 98.4 Å². The first-order chi connectivity index (χ1) is 7.69. The summed E-state index contributed by atoms with van der Waals surface area (Å²) >= 11 is 0. The number of hydrogen-bond donors (Lipinski definition) is 1. The van der Waals surface area contributed by atoms with Crippen LogP contribution in [0.4, 0.5) is 5.69 Å². The molecule has 3 nitrogen and oxygen atoms in total. The minimum atomic E-state index is 0.356. The molecule has 0 bridgehead atoms. The van der Waals surface area contributed by atoms with Gasteiger partial charge in [0.15, 0.2) is 0 Å². The minimum absolute atomic E-state index is 0.356. The Kier molecular flexibility index (Phi) is 5.29. The Morgan fingerprint density at radius 1 is 1.38 bits per heavy atom. The predicted octanol–water partition coefficient (Wildman–Crippen LogP) is 1.67. The summed E-state index contributed by atoms with van der Waals surface area (Å²) < 4.78 is 5.17. The Balaban J connectivity index is 2.64. The van der Waals surface area contributed by atoms with Crippen LogP contribution in [-0.2, 0) is 4.74 Å². The molecule has 0 aliphatic heterocycles. The number of anilines is 1. The summed E-state index contributed by atoms with van der Waals surface area (Å²) in [4.78, 5) is 2.26. The second-order valence-corrected chi connectivity index (χ2v) is 4.11. The summed E-state index contributed by atoms with van der Waals surface area (Å²) in [7, 11) is 5.82. The van der Waals surface area contributed by atoms with Crippen molar-refractivity contribution in [1.29, 1.82) is 0 Å². The molecule has 3 heteroatoms. The van der Waals surface area contributed by atoms with Gasteiger partial charge in [0.2, 0.25) is 0 Å². The molecule has 0 heterocycles. The van der Waals surface area contributed by atoms with E-state index in [0.717, 1.165) is 13.2 Å². The smallest absolute Gasteiger partial charge is 0.0633 e. The van der Waals surface area contributed by atoms with Crippen molar-refractivity contribution in [2.75, 3.05) is 39.3 Å². The van der Waals surface area contributed by atoms with E-state index in [-0.39, 0.29) is 0 Å². The summed E-state index contributed by atoms with van der Waals surface area (Å²) in [6, 6.07) is 8.78. The predicted molar refractivity (Wildman–Crippen MR) is 69.2 cm³/mol. The molecule has 0 amide bonds. The van der Waals surface area contributed by atoms with E-state index in [9.17, 15) is 0 Å². The Hall–Kier alpha value is -1.06. The third-order valence-electron chi connectivity index (χ3n) is 2.80. The number of likely N-dealkylation sites (N-methyl/N-ethyl adjacent to an activating group) is 2. The van der Waals surface area contributed by atoms with Gasteiger partial charge in [0.25, 0.3) is 0 Å². The van der Waals surface area contributed by atoms with E-state index in [1.807, 2.05) is 7.05 Å². The molecular formula is C13H22N2O. The second kappa shape index (κ2) is 6.51. The van der Waals surface area contributed by atoms with Crippen LogP contribution < -0.4 is 10.2 Å². The molecule has 90 valence electrons. The molecule has 1 rings (SSSR count). The summed E-state index contributed by atoms with van der Waals surface area (Å²) in [6.45, 7) is 3.80. The zero-order chi connectivity index (χ0) is 12.0. The van der Waals surface area contributed by atoms with Gasteiger partial charge in [0, 0.05) is 32.4 Å². The van der Waals surface area contributed by atoms with Gasteiger partial charge in [-0.25, -0.2) is 0 Å². The van der Waals surface area contributed by atoms with Crippen LogP contribution in [0.15, 0.2) is 24.3 Å². The van der Waals surface area contributed by atoms with Crippen LogP contribution in [0, 0.1) is 6.92 Å². The Morgan fingerprint density at radius 2 is 2.06 bits per heavy atom. The number of ether oxygens (including phenoxy) is 1. The highest BCUT2D eigenvalue weighted by atomic mass is 16.5. The number of nitrogens with one attached hydrogen (secondary N) is 1. The molecule has 0 aromatic heterocycles. The molecule has 0 spiro atoms. The van der Waals surface area contributed by atoms with E-state index in [1.165, 1.54) is 11.3 Å². The number of methoxy groups -OCH3 is 1. The summed E-state index contributed by atoms with van der Waals surface area (Å²) in [5.41, 5.74) is 2.58. The summed E-state index contributed by atoms with van der Waals surface area (Å²) in [6.07, 6.45) is 0. The molecule has 1 aromatic rings. The number of benzene rings is 1. The van der Waals surface area contributed by atoms with Crippen molar-refractivity contribution in [3.8, 4) is 0 Å². The molecule has 0 radical (unpaired) electrons. The van der Waals surface area contributed by atoms with Crippen LogP contribution in [0.5, 0.6) is 0 Å². The van der Waals surface area contributed by atoms with Crippen LogP contribution in [-0.4, -0.2) is 40.4 Å². The van der Waals surface area contributed by atoms with E-state index in [2.05, 4.69) is 48.5 Å². The second-order valence-electron chi connectivity index (χ2n) is 4.11. The lowest BCUT2D eigenvalue weighted by molar-refractivity contribution is 0.171. The number of nitrogens with zero attached hydrogens (tertiary/aromatic N) is 1. The zero-order valence-electron chi connectivity index (χ0n) is 10.7. The summed E-state index contributed by atoms with van der Waals surface area (Å²) in [5.74, 6) is 0. The van der Waals surface area contributed by atoms with Gasteiger partial charge in [-0.1, -0.05) is 18.2 Å². The largest absolute Gasteiger partial charge is 0.383 e. The van der Waals surface area contributed by atoms with Crippen LogP contribution >= 0.6 is 0 Å². The number of para-hydroxylation sites is 1. The van der Waals surface area contributed by atoms with Crippen molar-refractivity contribution >= 4 is 5.69 Å². The normalized spacial score (nSPS) is 12.5. The highest BCUT2D eigenvalue weighted by molar-refractivity contribution is 5.52. The number of rotatable bonds is 6. The molecule has 1 N–H and O–H groups in total. The molecule has 0 saturated carbocycles. The van der Waals surface area contributed by atoms with Crippen LogP contribution in [0.2, 0.25) is 0 Å². The van der Waals surface area contributed by atoms with Gasteiger partial charge in [0.05, 0.1) is 6.61 Å². The third-order valence-corrected chi connectivity index (χ3v) is 2.80. The van der Waals surface area contributed by atoms with Gasteiger partial charge in [0.1, 0.15) is 0 Å². The minimum Gasteiger partial charge on any atom is -0.383 e. The highest BCUT2D eigenvalue weighted by Crippen LogP contribution is 2.17. The topological polar surface area (TPSA) is 24.5 Å². The fourth-order valence-electron chi connectivity index (χ4n) is 1.85. The molecular weight excluding hydrogens is 200 g/mol. The molecule has 0 saturated heterocycles. The zero-order valence-corrected chi connectivity index (χ0v) is 10.7. The Morgan fingerprint density at radius 3 is 2.62 bits per heavy atom. The average Bonchev–Trinajstić information content (AvgIpc) is 2.28. The van der Waals surface area contributed by atoms with Crippen molar-refractivity contribution in [2.45, 2.75) is 13.0 Å². The van der Waals surface area contributed by atoms with E-state index in [1.54, 1.807) is 7.11 Å². The molecule has 0 aliphatic rings. The average molecular weight is 222 g/mol. The first kappa shape index (κ1) is 13.0. The van der Waals surface area contributed by atoms with Crippen LogP contribution in [0.25, 0.3) is 0 Å². The molecule has 1 atom stereocenters. The van der Waals surface area contributed by atoms with Gasteiger partial charge >= 0.3 is 0 Å². The van der Waals surface area contributed by atoms with Crippen molar-refractivity contribution in [2.24, 2.45) is 0 Å². The maximum atomic E-state index is 5.17. The summed E-state index contributed by atoms with van der Waals surface area (Å²) in [5, 5.41) is 3.26. The Bertz CT molecular complexity index is 315. The van der Waals surface area contributed by atoms with Crippen molar-refractivity contribution in [1.82, 2.24) is 5.32 Å². The van der Waals surface area contributed by atoms with Crippen molar-refractivity contribution in [3.63, 3.8) is 0 Å². The quantitative estimate of drug-likeness (QED) is 0.792. The first-order valence-electron chi connectivity index (χ1n) is 5.62. The standard InChI is InChI=1S/C13H22N2O/c1-11-7-5-6-8-13(11)15(3)9-12(14-2)10-16-4/h5-8,12,14H,9-10H2,1-4H3. The third kappa shape index (κ3) is 3.51. The van der Waals surface area contributed by atoms with Crippen LogP contribution in [0.3, 0.4) is 0 Å². The fourth-order valence-corrected chi connectivity index (χ4v) is 1.85. The fraction of sp³-hybridized carbons (Fsp3) is 0.538. The lowest BCUT2D eigenvalue weighted by Crippen LogP contribution is -2.41.